The molecule has 0 unspecified atom stereocenters. The quantitative estimate of drug-likeness (QED) is 0.204. The number of para-hydroxylation sites is 2. The lowest BCUT2D eigenvalue weighted by Crippen LogP contribution is -2.38. The van der Waals surface area contributed by atoms with Crippen LogP contribution in [-0.2, 0) is 11.3 Å². The maximum atomic E-state index is 14.2. The van der Waals surface area contributed by atoms with Crippen molar-refractivity contribution < 1.29 is 9.47 Å². The fraction of sp³-hybridized carbons (Fsp3) is 0.235. The van der Waals surface area contributed by atoms with E-state index < -0.39 is 0 Å². The third kappa shape index (κ3) is 6.03. The molecule has 6 rings (SSSR count). The van der Waals surface area contributed by atoms with Gasteiger partial charge >= 0.3 is 0 Å². The Bertz CT molecular complexity index is 1850. The number of rotatable bonds is 10. The van der Waals surface area contributed by atoms with E-state index in [1.54, 1.807) is 4.57 Å². The average Bonchev–Trinajstić information content (AvgIpc) is 3.05. The number of nitrogen functional groups attached to an aromatic ring is 1. The predicted molar refractivity (Wildman–Crippen MR) is 173 cm³/mol. The number of pyridine rings is 1. The monoisotopic (exact) mass is 589 g/mol. The van der Waals surface area contributed by atoms with E-state index in [1.165, 1.54) is 6.33 Å². The Morgan fingerprint density at radius 1 is 1.02 bits per heavy atom. The third-order valence-electron chi connectivity index (χ3n) is 7.83. The van der Waals surface area contributed by atoms with Crippen LogP contribution in [0.25, 0.3) is 16.5 Å². The summed E-state index contributed by atoms with van der Waals surface area (Å²) in [7, 11) is 0. The fourth-order valence-electron chi connectivity index (χ4n) is 5.56. The number of aryl methyl sites for hydroxylation is 1. The molecule has 0 bridgehead atoms. The zero-order valence-corrected chi connectivity index (χ0v) is 24.6. The summed E-state index contributed by atoms with van der Waals surface area (Å²) < 4.78 is 13.5. The van der Waals surface area contributed by atoms with E-state index >= 15 is 0 Å². The highest BCUT2D eigenvalue weighted by Gasteiger charge is 2.20. The van der Waals surface area contributed by atoms with Gasteiger partial charge in [0.25, 0.3) is 5.56 Å². The Labute approximate surface area is 255 Å². The number of hydrogen-bond donors (Lipinski definition) is 3. The number of ether oxygens (including phenoxy) is 2. The molecule has 0 aliphatic carbocycles. The summed E-state index contributed by atoms with van der Waals surface area (Å²) in [5, 5.41) is 13.7. The van der Waals surface area contributed by atoms with E-state index in [9.17, 15) is 4.79 Å². The topological polar surface area (TPSA) is 131 Å². The summed E-state index contributed by atoms with van der Waals surface area (Å²) in [5.74, 6) is 1.22. The van der Waals surface area contributed by atoms with Crippen LogP contribution >= 0.6 is 0 Å². The summed E-state index contributed by atoms with van der Waals surface area (Å²) in [4.78, 5) is 25.1. The number of anilines is 2. The molecule has 1 saturated heterocycles. The molecular formula is C34H35N7O3. The lowest BCUT2D eigenvalue weighted by atomic mass is 10.0. The van der Waals surface area contributed by atoms with Gasteiger partial charge in [0.1, 0.15) is 30.3 Å². The molecule has 3 heterocycles. The highest BCUT2D eigenvalue weighted by atomic mass is 16.5. The van der Waals surface area contributed by atoms with Crippen molar-refractivity contribution in [3.05, 3.63) is 118 Å². The minimum atomic E-state index is -0.138. The van der Waals surface area contributed by atoms with Gasteiger partial charge in [0.15, 0.2) is 0 Å². The summed E-state index contributed by atoms with van der Waals surface area (Å²) >= 11 is 0. The predicted octanol–water partition coefficient (Wildman–Crippen LogP) is 4.41. The molecular weight excluding hydrogens is 554 g/mol. The molecule has 0 amide bonds. The Kier molecular flexibility index (Phi) is 8.62. The van der Waals surface area contributed by atoms with Crippen LogP contribution in [0.15, 0.2) is 90.0 Å². The van der Waals surface area contributed by atoms with Crippen molar-refractivity contribution in [1.82, 2.24) is 19.4 Å². The number of nitrogens with one attached hydrogen (secondary N) is 2. The fourth-order valence-corrected chi connectivity index (χ4v) is 5.56. The minimum absolute atomic E-state index is 0.138. The molecule has 0 atom stereocenters. The van der Waals surface area contributed by atoms with E-state index in [1.807, 2.05) is 85.8 Å². The van der Waals surface area contributed by atoms with Crippen LogP contribution in [0.1, 0.15) is 22.4 Å². The first-order chi connectivity index (χ1) is 21.5. The molecule has 10 heteroatoms. The molecule has 1 fully saturated rings. The molecule has 0 radical (unpaired) electrons. The van der Waals surface area contributed by atoms with Crippen LogP contribution in [0, 0.1) is 12.3 Å². The summed E-state index contributed by atoms with van der Waals surface area (Å²) in [6, 6.07) is 24.8. The molecule has 1 aliphatic rings. The molecule has 0 saturated carbocycles. The molecule has 10 nitrogen and oxygen atoms in total. The molecule has 1 aliphatic heterocycles. The van der Waals surface area contributed by atoms with Crippen LogP contribution in [0.3, 0.4) is 0 Å². The first kappa shape index (κ1) is 29.0. The second-order valence-electron chi connectivity index (χ2n) is 10.7. The molecule has 3 aromatic carbocycles. The Balaban J connectivity index is 1.37. The Hall–Kier alpha value is -5.06. The van der Waals surface area contributed by atoms with Gasteiger partial charge < -0.3 is 20.5 Å². The van der Waals surface area contributed by atoms with Crippen LogP contribution in [0.5, 0.6) is 5.75 Å². The van der Waals surface area contributed by atoms with Crippen LogP contribution in [0.2, 0.25) is 0 Å². The second kappa shape index (κ2) is 13.1. The SMILES string of the molecule is Cc1cccc2cc(CNc3ncnc(N)c3C(=N)c3ccccc3)n(-c3ccccc3OCCN3CCOCC3)c(=O)c12. The van der Waals surface area contributed by atoms with Crippen molar-refractivity contribution in [3.63, 3.8) is 0 Å². The van der Waals surface area contributed by atoms with Gasteiger partial charge in [-0.3, -0.25) is 19.7 Å². The van der Waals surface area contributed by atoms with Crippen LogP contribution in [-0.4, -0.2) is 64.6 Å². The van der Waals surface area contributed by atoms with Crippen molar-refractivity contribution >= 4 is 28.1 Å². The standard InChI is InChI=1S/C34H35N7O3/c1-23-8-7-11-25-20-26(21-37-33-30(32(36)38-22-39-33)31(35)24-9-3-2-4-10-24)41(34(42)29(23)25)27-12-5-6-13-28(27)44-19-16-40-14-17-43-18-15-40/h2-13,20,22,35H,14-19,21H2,1H3,(H3,36,37,38,39). The zero-order chi connectivity index (χ0) is 30.5. The van der Waals surface area contributed by atoms with E-state index in [-0.39, 0.29) is 23.6 Å². The van der Waals surface area contributed by atoms with Gasteiger partial charge in [-0.05, 0) is 36.1 Å². The molecule has 0 spiro atoms. The zero-order valence-electron chi connectivity index (χ0n) is 24.6. The first-order valence-electron chi connectivity index (χ1n) is 14.7. The van der Waals surface area contributed by atoms with Gasteiger partial charge in [-0.1, -0.05) is 60.7 Å². The molecule has 5 aromatic rings. The van der Waals surface area contributed by atoms with Crippen molar-refractivity contribution in [1.29, 1.82) is 5.41 Å². The van der Waals surface area contributed by atoms with Crippen molar-refractivity contribution in [3.8, 4) is 11.4 Å². The van der Waals surface area contributed by atoms with Gasteiger partial charge in [-0.15, -0.1) is 0 Å². The molecule has 224 valence electrons. The maximum Gasteiger partial charge on any atom is 0.263 e. The van der Waals surface area contributed by atoms with Crippen molar-refractivity contribution in [2.24, 2.45) is 0 Å². The lowest BCUT2D eigenvalue weighted by Gasteiger charge is -2.26. The molecule has 4 N–H and O–H groups in total. The number of nitrogens with two attached hydrogens (primary N) is 1. The van der Waals surface area contributed by atoms with Crippen LogP contribution < -0.4 is 21.3 Å². The summed E-state index contributed by atoms with van der Waals surface area (Å²) in [5.41, 5.74) is 9.68. The first-order valence-corrected chi connectivity index (χ1v) is 14.7. The smallest absolute Gasteiger partial charge is 0.263 e. The highest BCUT2D eigenvalue weighted by Crippen LogP contribution is 2.27. The van der Waals surface area contributed by atoms with Gasteiger partial charge in [-0.25, -0.2) is 9.97 Å². The van der Waals surface area contributed by atoms with E-state index in [0.717, 1.165) is 43.8 Å². The number of fused-ring (bicyclic) bond motifs is 1. The number of hydrogen-bond acceptors (Lipinski definition) is 9. The highest BCUT2D eigenvalue weighted by molar-refractivity contribution is 6.16. The number of benzene rings is 3. The van der Waals surface area contributed by atoms with Gasteiger partial charge in [-0.2, -0.15) is 0 Å². The Morgan fingerprint density at radius 3 is 2.61 bits per heavy atom. The largest absolute Gasteiger partial charge is 0.490 e. The van der Waals surface area contributed by atoms with Gasteiger partial charge in [0.05, 0.1) is 42.1 Å². The van der Waals surface area contributed by atoms with Crippen LogP contribution in [0.4, 0.5) is 11.6 Å². The van der Waals surface area contributed by atoms with Crippen molar-refractivity contribution in [2.75, 3.05) is 50.5 Å². The van der Waals surface area contributed by atoms with E-state index in [0.29, 0.717) is 46.1 Å². The van der Waals surface area contributed by atoms with E-state index in [2.05, 4.69) is 20.2 Å². The second-order valence-corrected chi connectivity index (χ2v) is 10.7. The lowest BCUT2D eigenvalue weighted by molar-refractivity contribution is 0.0322. The number of aromatic nitrogens is 3. The van der Waals surface area contributed by atoms with E-state index in [4.69, 9.17) is 20.6 Å². The van der Waals surface area contributed by atoms with Crippen molar-refractivity contribution in [2.45, 2.75) is 13.5 Å². The average molecular weight is 590 g/mol. The normalized spacial score (nSPS) is 13.6. The minimum Gasteiger partial charge on any atom is -0.490 e. The maximum absolute atomic E-state index is 14.2. The summed E-state index contributed by atoms with van der Waals surface area (Å²) in [6.07, 6.45) is 1.37. The van der Waals surface area contributed by atoms with Gasteiger partial charge in [0, 0.05) is 30.9 Å². The Morgan fingerprint density at radius 2 is 1.80 bits per heavy atom. The van der Waals surface area contributed by atoms with Gasteiger partial charge in [0.2, 0.25) is 0 Å². The third-order valence-corrected chi connectivity index (χ3v) is 7.83. The molecule has 44 heavy (non-hydrogen) atoms. The number of morpholine rings is 1. The summed E-state index contributed by atoms with van der Waals surface area (Å²) in [6.45, 7) is 6.63. The molecule has 2 aromatic heterocycles. The number of nitrogens with zero attached hydrogens (tertiary/aromatic N) is 4.